The van der Waals surface area contributed by atoms with Crippen molar-refractivity contribution < 1.29 is 9.18 Å². The summed E-state index contributed by atoms with van der Waals surface area (Å²) in [5, 5.41) is 3.46. The first kappa shape index (κ1) is 20.6. The molecule has 2 N–H and O–H groups in total. The maximum Gasteiger partial charge on any atom is 0.244 e. The quantitative estimate of drug-likeness (QED) is 0.375. The second-order valence-corrected chi connectivity index (χ2v) is 7.33. The first-order valence-corrected chi connectivity index (χ1v) is 10.1. The summed E-state index contributed by atoms with van der Waals surface area (Å²) in [6, 6.07) is 21.3. The van der Waals surface area contributed by atoms with Crippen LogP contribution in [-0.4, -0.2) is 15.9 Å². The Morgan fingerprint density at radius 3 is 2.65 bits per heavy atom. The fraction of sp³-hybridized carbons (Fsp3) is 0.0400. The predicted molar refractivity (Wildman–Crippen MR) is 122 cm³/mol. The molecule has 0 spiro atoms. The molecule has 0 aliphatic rings. The van der Waals surface area contributed by atoms with E-state index in [9.17, 15) is 9.18 Å². The van der Waals surface area contributed by atoms with E-state index >= 15 is 0 Å². The topological polar surface area (TPSA) is 57.8 Å². The van der Waals surface area contributed by atoms with Crippen LogP contribution >= 0.6 is 11.6 Å². The summed E-state index contributed by atoms with van der Waals surface area (Å²) in [4.78, 5) is 19.8. The number of rotatable bonds is 6. The molecule has 4 nitrogen and oxygen atoms in total. The second kappa shape index (κ2) is 9.41. The van der Waals surface area contributed by atoms with Crippen LogP contribution in [0.1, 0.15) is 11.1 Å². The molecule has 0 saturated heterocycles. The number of halogens is 2. The molecule has 1 amide bonds. The molecular weight excluding hydrogens is 413 g/mol. The SMILES string of the molecule is O=C(/C=C/c1ccccc1Cl)NCc1cccc(-c2ncc(-c3ccc(F)cc3)[nH]2)c1. The van der Waals surface area contributed by atoms with Gasteiger partial charge in [-0.2, -0.15) is 0 Å². The smallest absolute Gasteiger partial charge is 0.244 e. The van der Waals surface area contributed by atoms with Crippen LogP contribution in [0, 0.1) is 5.82 Å². The Labute approximate surface area is 184 Å². The molecule has 0 aliphatic heterocycles. The molecule has 31 heavy (non-hydrogen) atoms. The standard InChI is InChI=1S/C25H19ClFN3O/c26-22-7-2-1-5-18(22)10-13-24(31)28-15-17-4-3-6-20(14-17)25-29-16-23(30-25)19-8-11-21(27)12-9-19/h1-14,16H,15H2,(H,28,31)(H,29,30)/b13-10+. The average Bonchev–Trinajstić information content (AvgIpc) is 3.28. The van der Waals surface area contributed by atoms with Gasteiger partial charge in [-0.15, -0.1) is 0 Å². The Balaban J connectivity index is 1.41. The van der Waals surface area contributed by atoms with Crippen molar-refractivity contribution in [2.45, 2.75) is 6.54 Å². The molecule has 0 radical (unpaired) electrons. The zero-order chi connectivity index (χ0) is 21.6. The van der Waals surface area contributed by atoms with Gasteiger partial charge in [-0.3, -0.25) is 4.79 Å². The van der Waals surface area contributed by atoms with E-state index in [2.05, 4.69) is 15.3 Å². The average molecular weight is 432 g/mol. The Kier molecular flexibility index (Phi) is 6.24. The molecule has 0 fully saturated rings. The molecule has 0 bridgehead atoms. The maximum atomic E-state index is 13.1. The van der Waals surface area contributed by atoms with E-state index < -0.39 is 0 Å². The van der Waals surface area contributed by atoms with E-state index in [1.165, 1.54) is 18.2 Å². The van der Waals surface area contributed by atoms with Gasteiger partial charge in [-0.05, 0) is 59.2 Å². The number of nitrogens with zero attached hydrogens (tertiary/aromatic N) is 1. The van der Waals surface area contributed by atoms with Crippen LogP contribution in [0.2, 0.25) is 5.02 Å². The lowest BCUT2D eigenvalue weighted by Crippen LogP contribution is -2.20. The summed E-state index contributed by atoms with van der Waals surface area (Å²) in [7, 11) is 0. The van der Waals surface area contributed by atoms with Crippen LogP contribution in [-0.2, 0) is 11.3 Å². The molecule has 6 heteroatoms. The van der Waals surface area contributed by atoms with Crippen molar-refractivity contribution in [1.82, 2.24) is 15.3 Å². The van der Waals surface area contributed by atoms with Crippen LogP contribution < -0.4 is 5.32 Å². The van der Waals surface area contributed by atoms with E-state index in [1.807, 2.05) is 42.5 Å². The summed E-state index contributed by atoms with van der Waals surface area (Å²) in [5.74, 6) is 0.216. The van der Waals surface area contributed by atoms with E-state index in [0.717, 1.165) is 27.9 Å². The molecule has 4 aromatic rings. The van der Waals surface area contributed by atoms with Gasteiger partial charge in [0.1, 0.15) is 11.6 Å². The molecule has 1 aromatic heterocycles. The number of amides is 1. The zero-order valence-corrected chi connectivity index (χ0v) is 17.2. The molecule has 0 unspecified atom stereocenters. The van der Waals surface area contributed by atoms with Crippen LogP contribution in [0.4, 0.5) is 4.39 Å². The Hall–Kier alpha value is -3.70. The van der Waals surface area contributed by atoms with Crippen LogP contribution in [0.25, 0.3) is 28.7 Å². The third kappa shape index (κ3) is 5.27. The van der Waals surface area contributed by atoms with E-state index in [-0.39, 0.29) is 11.7 Å². The lowest BCUT2D eigenvalue weighted by molar-refractivity contribution is -0.116. The Bertz CT molecular complexity index is 1230. The monoisotopic (exact) mass is 431 g/mol. The molecular formula is C25H19ClFN3O. The van der Waals surface area contributed by atoms with Gasteiger partial charge in [-0.1, -0.05) is 48.0 Å². The van der Waals surface area contributed by atoms with Gasteiger partial charge < -0.3 is 10.3 Å². The number of H-pyrrole nitrogens is 1. The van der Waals surface area contributed by atoms with Crippen LogP contribution in [0.15, 0.2) is 85.1 Å². The maximum absolute atomic E-state index is 13.1. The summed E-state index contributed by atoms with van der Waals surface area (Å²) in [5.41, 5.74) is 4.28. The summed E-state index contributed by atoms with van der Waals surface area (Å²) < 4.78 is 13.1. The minimum Gasteiger partial charge on any atom is -0.348 e. The van der Waals surface area contributed by atoms with Crippen molar-refractivity contribution in [3.8, 4) is 22.6 Å². The lowest BCUT2D eigenvalue weighted by Gasteiger charge is -2.05. The third-order valence-corrected chi connectivity index (χ3v) is 5.06. The van der Waals surface area contributed by atoms with E-state index in [4.69, 9.17) is 11.6 Å². The van der Waals surface area contributed by atoms with Gasteiger partial charge in [0.25, 0.3) is 0 Å². The number of carbonyl (C=O) groups is 1. The summed E-state index contributed by atoms with van der Waals surface area (Å²) >= 11 is 6.10. The van der Waals surface area contributed by atoms with Gasteiger partial charge in [0.05, 0.1) is 11.9 Å². The highest BCUT2D eigenvalue weighted by Crippen LogP contribution is 2.23. The second-order valence-electron chi connectivity index (χ2n) is 6.93. The minimum atomic E-state index is -0.278. The number of benzene rings is 3. The number of aromatic nitrogens is 2. The first-order valence-electron chi connectivity index (χ1n) is 9.69. The van der Waals surface area contributed by atoms with Crippen molar-refractivity contribution >= 4 is 23.6 Å². The van der Waals surface area contributed by atoms with Crippen molar-refractivity contribution in [2.75, 3.05) is 0 Å². The highest BCUT2D eigenvalue weighted by molar-refractivity contribution is 6.32. The Morgan fingerprint density at radius 2 is 1.84 bits per heavy atom. The van der Waals surface area contributed by atoms with Gasteiger partial charge in [0, 0.05) is 23.2 Å². The molecule has 3 aromatic carbocycles. The third-order valence-electron chi connectivity index (χ3n) is 4.72. The molecule has 154 valence electrons. The number of hydrogen-bond acceptors (Lipinski definition) is 2. The number of carbonyl (C=O) groups excluding carboxylic acids is 1. The first-order chi connectivity index (χ1) is 15.1. The largest absolute Gasteiger partial charge is 0.348 e. The van der Waals surface area contributed by atoms with E-state index in [0.29, 0.717) is 17.4 Å². The van der Waals surface area contributed by atoms with Gasteiger partial charge in [0.15, 0.2) is 0 Å². The molecule has 0 aliphatic carbocycles. The highest BCUT2D eigenvalue weighted by atomic mass is 35.5. The molecule has 0 saturated carbocycles. The lowest BCUT2D eigenvalue weighted by atomic mass is 10.1. The number of aromatic amines is 1. The van der Waals surface area contributed by atoms with Gasteiger partial charge in [0.2, 0.25) is 5.91 Å². The highest BCUT2D eigenvalue weighted by Gasteiger charge is 2.07. The van der Waals surface area contributed by atoms with E-state index in [1.54, 1.807) is 30.5 Å². The van der Waals surface area contributed by atoms with Crippen molar-refractivity contribution in [3.05, 3.63) is 107 Å². The van der Waals surface area contributed by atoms with Crippen LogP contribution in [0.5, 0.6) is 0 Å². The Morgan fingerprint density at radius 1 is 1.03 bits per heavy atom. The number of nitrogens with one attached hydrogen (secondary N) is 2. The predicted octanol–water partition coefficient (Wildman–Crippen LogP) is 5.87. The molecule has 4 rings (SSSR count). The molecule has 0 atom stereocenters. The summed E-state index contributed by atoms with van der Waals surface area (Å²) in [6.07, 6.45) is 4.87. The van der Waals surface area contributed by atoms with Crippen LogP contribution in [0.3, 0.4) is 0 Å². The fourth-order valence-corrected chi connectivity index (χ4v) is 3.30. The fourth-order valence-electron chi connectivity index (χ4n) is 3.10. The van der Waals surface area contributed by atoms with Gasteiger partial charge >= 0.3 is 0 Å². The number of imidazole rings is 1. The molecule has 1 heterocycles. The zero-order valence-electron chi connectivity index (χ0n) is 16.5. The van der Waals surface area contributed by atoms with Crippen molar-refractivity contribution in [3.63, 3.8) is 0 Å². The normalized spacial score (nSPS) is 11.0. The van der Waals surface area contributed by atoms with Crippen molar-refractivity contribution in [1.29, 1.82) is 0 Å². The summed E-state index contributed by atoms with van der Waals surface area (Å²) in [6.45, 7) is 0.380. The van der Waals surface area contributed by atoms with Gasteiger partial charge in [-0.25, -0.2) is 9.37 Å². The minimum absolute atomic E-state index is 0.207. The number of hydrogen-bond donors (Lipinski definition) is 2. The van der Waals surface area contributed by atoms with Crippen molar-refractivity contribution in [2.24, 2.45) is 0 Å².